The van der Waals surface area contributed by atoms with Crippen molar-refractivity contribution in [2.75, 3.05) is 5.32 Å². The molecule has 0 aliphatic heterocycles. The number of nitrogens with one attached hydrogen (secondary N) is 1. The number of Topliss-reactive ketones (excluding diaryl/α,β-unsaturated/α-hetero) is 1. The molecule has 0 fully saturated rings. The lowest BCUT2D eigenvalue weighted by molar-refractivity contribution is -0.137. The second kappa shape index (κ2) is 7.55. The molecule has 1 amide bonds. The number of anilines is 1. The highest BCUT2D eigenvalue weighted by molar-refractivity contribution is 7.09. The molecule has 146 valence electrons. The molecule has 0 aliphatic carbocycles. The van der Waals surface area contributed by atoms with Crippen molar-refractivity contribution >= 4 is 28.4 Å². The van der Waals surface area contributed by atoms with Crippen LogP contribution in [0.1, 0.15) is 34.6 Å². The molecular weight excluding hydrogens is 395 g/mol. The van der Waals surface area contributed by atoms with E-state index in [4.69, 9.17) is 4.42 Å². The zero-order valence-electron chi connectivity index (χ0n) is 14.8. The van der Waals surface area contributed by atoms with Gasteiger partial charge < -0.3 is 4.42 Å². The molecule has 3 aromatic rings. The fourth-order valence-electron chi connectivity index (χ4n) is 2.50. The molecule has 1 aromatic carbocycles. The number of hydrogen-bond acceptors (Lipinski definition) is 6. The number of nitrogens with zero attached hydrogens (tertiary/aromatic N) is 2. The minimum absolute atomic E-state index is 0.0614. The summed E-state index contributed by atoms with van der Waals surface area (Å²) in [5, 5.41) is 2.69. The van der Waals surface area contributed by atoms with Gasteiger partial charge in [-0.3, -0.25) is 14.9 Å². The van der Waals surface area contributed by atoms with E-state index < -0.39 is 17.6 Å². The molecule has 0 atom stereocenters. The van der Waals surface area contributed by atoms with Crippen LogP contribution in [0.5, 0.6) is 0 Å². The molecular formula is C18H14F3N3O3S. The number of hydrogen-bond donors (Lipinski definition) is 1. The van der Waals surface area contributed by atoms with E-state index in [9.17, 15) is 22.8 Å². The molecule has 0 saturated carbocycles. The number of alkyl halides is 3. The third-order valence-electron chi connectivity index (χ3n) is 3.74. The molecule has 10 heteroatoms. The lowest BCUT2D eigenvalue weighted by Gasteiger charge is -2.08. The van der Waals surface area contributed by atoms with Crippen LogP contribution in [-0.4, -0.2) is 21.0 Å². The number of ketones is 1. The van der Waals surface area contributed by atoms with E-state index in [2.05, 4.69) is 14.7 Å². The van der Waals surface area contributed by atoms with Crippen molar-refractivity contribution in [3.63, 3.8) is 0 Å². The Morgan fingerprint density at radius 1 is 1.25 bits per heavy atom. The molecule has 3 rings (SSSR count). The Balaban J connectivity index is 1.81. The van der Waals surface area contributed by atoms with E-state index >= 15 is 0 Å². The van der Waals surface area contributed by atoms with Crippen LogP contribution < -0.4 is 5.32 Å². The van der Waals surface area contributed by atoms with Crippen LogP contribution in [-0.2, 0) is 17.4 Å². The molecule has 0 bridgehead atoms. The summed E-state index contributed by atoms with van der Waals surface area (Å²) in [4.78, 5) is 27.5. The first-order valence-corrected chi connectivity index (χ1v) is 8.82. The van der Waals surface area contributed by atoms with E-state index in [0.29, 0.717) is 17.1 Å². The van der Waals surface area contributed by atoms with E-state index in [1.54, 1.807) is 6.92 Å². The molecule has 0 spiro atoms. The zero-order chi connectivity index (χ0) is 20.5. The standard InChI is InChI=1S/C18H14F3N3O3S/c1-9(25)6-15-22-17(28-24-15)23-16(26)14-8-13(10(2)27-14)11-4-3-5-12(7-11)18(19,20)21/h3-5,7-8H,6H2,1-2H3,(H,22,23,24,26). The molecule has 0 aliphatic rings. The molecule has 28 heavy (non-hydrogen) atoms. The monoisotopic (exact) mass is 409 g/mol. The summed E-state index contributed by atoms with van der Waals surface area (Å²) < 4.78 is 48.1. The Bertz CT molecular complexity index is 1040. The summed E-state index contributed by atoms with van der Waals surface area (Å²) in [6.07, 6.45) is -4.41. The van der Waals surface area contributed by atoms with Crippen LogP contribution in [0.25, 0.3) is 11.1 Å². The smallest absolute Gasteiger partial charge is 0.416 e. The molecule has 0 radical (unpaired) electrons. The molecule has 0 saturated heterocycles. The maximum atomic E-state index is 12.9. The van der Waals surface area contributed by atoms with E-state index in [0.717, 1.165) is 23.7 Å². The molecule has 2 aromatic heterocycles. The third kappa shape index (κ3) is 4.45. The normalized spacial score (nSPS) is 11.5. The Kier molecular flexibility index (Phi) is 5.32. The van der Waals surface area contributed by atoms with Crippen molar-refractivity contribution in [2.45, 2.75) is 26.4 Å². The lowest BCUT2D eigenvalue weighted by atomic mass is 10.0. The van der Waals surface area contributed by atoms with Crippen molar-refractivity contribution in [3.05, 3.63) is 53.2 Å². The Hall–Kier alpha value is -3.01. The first-order chi connectivity index (χ1) is 13.1. The van der Waals surface area contributed by atoms with Gasteiger partial charge in [0.05, 0.1) is 12.0 Å². The van der Waals surface area contributed by atoms with Gasteiger partial charge in [0.2, 0.25) is 5.13 Å². The number of benzene rings is 1. The van der Waals surface area contributed by atoms with Gasteiger partial charge in [0, 0.05) is 17.1 Å². The highest BCUT2D eigenvalue weighted by atomic mass is 32.1. The van der Waals surface area contributed by atoms with Crippen LogP contribution in [0.4, 0.5) is 18.3 Å². The summed E-state index contributed by atoms with van der Waals surface area (Å²) in [5.74, 6) is -0.199. The van der Waals surface area contributed by atoms with Crippen molar-refractivity contribution < 1.29 is 27.2 Å². The molecule has 6 nitrogen and oxygen atoms in total. The highest BCUT2D eigenvalue weighted by Crippen LogP contribution is 2.34. The van der Waals surface area contributed by atoms with Gasteiger partial charge in [-0.25, -0.2) is 4.98 Å². The fraction of sp³-hybridized carbons (Fsp3) is 0.222. The van der Waals surface area contributed by atoms with Gasteiger partial charge in [-0.2, -0.15) is 17.5 Å². The lowest BCUT2D eigenvalue weighted by Crippen LogP contribution is -2.10. The van der Waals surface area contributed by atoms with Crippen molar-refractivity contribution in [2.24, 2.45) is 0 Å². The summed E-state index contributed by atoms with van der Waals surface area (Å²) in [7, 11) is 0. The number of carbonyl (C=O) groups excluding carboxylic acids is 2. The predicted molar refractivity (Wildman–Crippen MR) is 96.1 cm³/mol. The van der Waals surface area contributed by atoms with E-state index in [1.165, 1.54) is 25.1 Å². The van der Waals surface area contributed by atoms with Gasteiger partial charge in [0.25, 0.3) is 5.91 Å². The van der Waals surface area contributed by atoms with Gasteiger partial charge in [-0.1, -0.05) is 12.1 Å². The quantitative estimate of drug-likeness (QED) is 0.670. The third-order valence-corrected chi connectivity index (χ3v) is 4.41. The number of carbonyl (C=O) groups is 2. The first kappa shape index (κ1) is 19.7. The predicted octanol–water partition coefficient (Wildman–Crippen LogP) is 4.51. The first-order valence-electron chi connectivity index (χ1n) is 8.05. The second-order valence-corrected chi connectivity index (χ2v) is 6.76. The number of amides is 1. The minimum atomic E-state index is -4.47. The minimum Gasteiger partial charge on any atom is -0.456 e. The van der Waals surface area contributed by atoms with Gasteiger partial charge >= 0.3 is 6.18 Å². The Morgan fingerprint density at radius 2 is 2.00 bits per heavy atom. The number of furan rings is 1. The number of aromatic nitrogens is 2. The zero-order valence-corrected chi connectivity index (χ0v) is 15.6. The van der Waals surface area contributed by atoms with Crippen molar-refractivity contribution in [1.82, 2.24) is 9.36 Å². The van der Waals surface area contributed by atoms with Gasteiger partial charge in [-0.15, -0.1) is 0 Å². The second-order valence-electron chi connectivity index (χ2n) is 6.01. The number of rotatable bonds is 5. The summed E-state index contributed by atoms with van der Waals surface area (Å²) >= 11 is 0.915. The summed E-state index contributed by atoms with van der Waals surface area (Å²) in [6.45, 7) is 2.96. The van der Waals surface area contributed by atoms with Gasteiger partial charge in [0.1, 0.15) is 11.5 Å². The molecule has 0 unspecified atom stereocenters. The average Bonchev–Trinajstić information content (AvgIpc) is 3.20. The Labute approximate surface area is 161 Å². The van der Waals surface area contributed by atoms with Crippen LogP contribution in [0.2, 0.25) is 0 Å². The maximum absolute atomic E-state index is 12.9. The fourth-order valence-corrected chi connectivity index (χ4v) is 3.08. The molecule has 1 N–H and O–H groups in total. The summed E-state index contributed by atoms with van der Waals surface area (Å²) in [6, 6.07) is 6.15. The SMILES string of the molecule is CC(=O)Cc1nsc(NC(=O)c2cc(-c3cccc(C(F)(F)F)c3)c(C)o2)n1. The van der Waals surface area contributed by atoms with Crippen LogP contribution >= 0.6 is 11.5 Å². The Morgan fingerprint density at radius 3 is 2.68 bits per heavy atom. The van der Waals surface area contributed by atoms with E-state index in [1.807, 2.05) is 0 Å². The van der Waals surface area contributed by atoms with Crippen LogP contribution in [0, 0.1) is 6.92 Å². The average molecular weight is 409 g/mol. The van der Waals surface area contributed by atoms with Crippen molar-refractivity contribution in [1.29, 1.82) is 0 Å². The number of aryl methyl sites for hydroxylation is 1. The summed E-state index contributed by atoms with van der Waals surface area (Å²) in [5.41, 5.74) is -0.121. The largest absolute Gasteiger partial charge is 0.456 e. The van der Waals surface area contributed by atoms with Crippen LogP contribution in [0.3, 0.4) is 0 Å². The highest BCUT2D eigenvalue weighted by Gasteiger charge is 2.30. The van der Waals surface area contributed by atoms with Crippen molar-refractivity contribution in [3.8, 4) is 11.1 Å². The van der Waals surface area contributed by atoms with E-state index in [-0.39, 0.29) is 28.7 Å². The van der Waals surface area contributed by atoms with Gasteiger partial charge in [-0.05, 0) is 37.6 Å². The van der Waals surface area contributed by atoms with Crippen LogP contribution in [0.15, 0.2) is 34.7 Å². The maximum Gasteiger partial charge on any atom is 0.416 e. The topological polar surface area (TPSA) is 85.1 Å². The number of halogens is 3. The van der Waals surface area contributed by atoms with Gasteiger partial charge in [0.15, 0.2) is 11.6 Å². The molecule has 2 heterocycles.